The molecule has 2 aromatic carbocycles. The molecule has 2 aromatic rings. The van der Waals surface area contributed by atoms with Gasteiger partial charge in [-0.25, -0.2) is 4.90 Å². The predicted octanol–water partition coefficient (Wildman–Crippen LogP) is 2.54. The minimum atomic E-state index is -0.592. The molecule has 1 heterocycles. The summed E-state index contributed by atoms with van der Waals surface area (Å²) in [6.07, 6.45) is 1.45. The standard InChI is InChI=1S/C20H18N2O5S/c1-25-13-8-9-16(26-2)12(10-13)11-14-18(23)21-20(28)22(19(14)24)15-6-4-5-7-17(15)27-3/h4-11H,1-3H3,(H,21,23,28)/b14-11+. The molecule has 1 saturated heterocycles. The maximum atomic E-state index is 13.2. The lowest BCUT2D eigenvalue weighted by molar-refractivity contribution is -0.122. The number of rotatable bonds is 5. The number of para-hydroxylation sites is 2. The van der Waals surface area contributed by atoms with E-state index in [1.807, 2.05) is 0 Å². The van der Waals surface area contributed by atoms with Gasteiger partial charge in [-0.05, 0) is 48.6 Å². The topological polar surface area (TPSA) is 77.1 Å². The molecule has 0 radical (unpaired) electrons. The largest absolute Gasteiger partial charge is 0.497 e. The Hall–Kier alpha value is -3.39. The van der Waals surface area contributed by atoms with Crippen molar-refractivity contribution in [3.05, 3.63) is 53.6 Å². The second-order valence-electron chi connectivity index (χ2n) is 5.74. The number of benzene rings is 2. The number of carbonyl (C=O) groups excluding carboxylic acids is 2. The molecular formula is C20H18N2O5S. The maximum Gasteiger partial charge on any atom is 0.270 e. The highest BCUT2D eigenvalue weighted by Gasteiger charge is 2.36. The third-order valence-electron chi connectivity index (χ3n) is 4.16. The number of hydrogen-bond donors (Lipinski definition) is 1. The molecule has 0 unspecified atom stereocenters. The highest BCUT2D eigenvalue weighted by molar-refractivity contribution is 7.80. The van der Waals surface area contributed by atoms with Crippen LogP contribution in [0.25, 0.3) is 6.08 Å². The van der Waals surface area contributed by atoms with E-state index in [0.29, 0.717) is 28.5 Å². The quantitative estimate of drug-likeness (QED) is 0.474. The molecule has 28 heavy (non-hydrogen) atoms. The van der Waals surface area contributed by atoms with E-state index in [0.717, 1.165) is 0 Å². The Morgan fingerprint density at radius 1 is 0.964 bits per heavy atom. The van der Waals surface area contributed by atoms with Crippen LogP contribution in [0.15, 0.2) is 48.0 Å². The zero-order chi connectivity index (χ0) is 20.3. The van der Waals surface area contributed by atoms with Crippen LogP contribution >= 0.6 is 12.2 Å². The highest BCUT2D eigenvalue weighted by Crippen LogP contribution is 2.32. The van der Waals surface area contributed by atoms with Crippen LogP contribution in [0.3, 0.4) is 0 Å². The minimum absolute atomic E-state index is 0.0192. The lowest BCUT2D eigenvalue weighted by atomic mass is 10.1. The number of anilines is 1. The zero-order valence-corrected chi connectivity index (χ0v) is 16.3. The Kier molecular flexibility index (Phi) is 5.60. The molecule has 0 spiro atoms. The first kappa shape index (κ1) is 19.4. The minimum Gasteiger partial charge on any atom is -0.497 e. The van der Waals surface area contributed by atoms with Gasteiger partial charge in [0.1, 0.15) is 22.8 Å². The predicted molar refractivity (Wildman–Crippen MR) is 109 cm³/mol. The van der Waals surface area contributed by atoms with E-state index in [1.54, 1.807) is 42.5 Å². The summed E-state index contributed by atoms with van der Waals surface area (Å²) in [5, 5.41) is 2.53. The van der Waals surface area contributed by atoms with E-state index in [9.17, 15) is 9.59 Å². The summed E-state index contributed by atoms with van der Waals surface area (Å²) in [5.41, 5.74) is 0.864. The van der Waals surface area contributed by atoms with Gasteiger partial charge in [0.2, 0.25) is 0 Å². The molecule has 1 N–H and O–H groups in total. The van der Waals surface area contributed by atoms with Gasteiger partial charge < -0.3 is 14.2 Å². The molecule has 3 rings (SSSR count). The fraction of sp³-hybridized carbons (Fsp3) is 0.150. The van der Waals surface area contributed by atoms with Gasteiger partial charge in [0.05, 0.1) is 27.0 Å². The normalized spacial score (nSPS) is 15.5. The van der Waals surface area contributed by atoms with Gasteiger partial charge in [0.25, 0.3) is 11.8 Å². The van der Waals surface area contributed by atoms with Crippen molar-refractivity contribution in [2.24, 2.45) is 0 Å². The van der Waals surface area contributed by atoms with E-state index in [2.05, 4.69) is 5.32 Å². The molecular weight excluding hydrogens is 380 g/mol. The van der Waals surface area contributed by atoms with Gasteiger partial charge in [-0.2, -0.15) is 0 Å². The van der Waals surface area contributed by atoms with E-state index < -0.39 is 11.8 Å². The van der Waals surface area contributed by atoms with Crippen molar-refractivity contribution in [3.63, 3.8) is 0 Å². The molecule has 144 valence electrons. The third-order valence-corrected chi connectivity index (χ3v) is 4.45. The van der Waals surface area contributed by atoms with Gasteiger partial charge in [0.15, 0.2) is 5.11 Å². The van der Waals surface area contributed by atoms with Gasteiger partial charge in [-0.1, -0.05) is 12.1 Å². The van der Waals surface area contributed by atoms with Crippen LogP contribution in [0.2, 0.25) is 0 Å². The molecule has 1 fully saturated rings. The van der Waals surface area contributed by atoms with Crippen molar-refractivity contribution in [2.45, 2.75) is 0 Å². The molecule has 0 atom stereocenters. The van der Waals surface area contributed by atoms with Crippen molar-refractivity contribution in [2.75, 3.05) is 26.2 Å². The van der Waals surface area contributed by atoms with Crippen molar-refractivity contribution < 1.29 is 23.8 Å². The highest BCUT2D eigenvalue weighted by atomic mass is 32.1. The maximum absolute atomic E-state index is 13.2. The smallest absolute Gasteiger partial charge is 0.270 e. The Labute approximate surface area is 167 Å². The summed E-state index contributed by atoms with van der Waals surface area (Å²) in [5.74, 6) is 0.348. The van der Waals surface area contributed by atoms with E-state index in [-0.39, 0.29) is 10.7 Å². The van der Waals surface area contributed by atoms with Crippen LogP contribution in [-0.4, -0.2) is 38.3 Å². The van der Waals surface area contributed by atoms with Gasteiger partial charge in [-0.3, -0.25) is 14.9 Å². The second-order valence-corrected chi connectivity index (χ2v) is 6.12. The van der Waals surface area contributed by atoms with Crippen molar-refractivity contribution in [1.29, 1.82) is 0 Å². The SMILES string of the molecule is COc1ccc(OC)c(/C=C2\C(=O)NC(=S)N(c3ccccc3OC)C2=O)c1. The molecule has 0 bridgehead atoms. The number of nitrogens with one attached hydrogen (secondary N) is 1. The molecule has 1 aliphatic rings. The Morgan fingerprint density at radius 2 is 1.68 bits per heavy atom. The number of carbonyl (C=O) groups is 2. The summed E-state index contributed by atoms with van der Waals surface area (Å²) in [7, 11) is 4.52. The third kappa shape index (κ3) is 3.54. The van der Waals surface area contributed by atoms with Crippen molar-refractivity contribution in [1.82, 2.24) is 5.32 Å². The number of amides is 2. The van der Waals surface area contributed by atoms with Gasteiger partial charge in [-0.15, -0.1) is 0 Å². The first-order valence-corrected chi connectivity index (χ1v) is 8.67. The van der Waals surface area contributed by atoms with Gasteiger partial charge >= 0.3 is 0 Å². The number of nitrogens with zero attached hydrogens (tertiary/aromatic N) is 1. The molecule has 1 aliphatic heterocycles. The summed E-state index contributed by atoms with van der Waals surface area (Å²) in [4.78, 5) is 26.9. The lowest BCUT2D eigenvalue weighted by Crippen LogP contribution is -2.54. The fourth-order valence-corrected chi connectivity index (χ4v) is 3.07. The van der Waals surface area contributed by atoms with Crippen molar-refractivity contribution >= 4 is 40.9 Å². The lowest BCUT2D eigenvalue weighted by Gasteiger charge is -2.29. The Morgan fingerprint density at radius 3 is 2.36 bits per heavy atom. The van der Waals surface area contributed by atoms with Gasteiger partial charge in [0, 0.05) is 5.56 Å². The monoisotopic (exact) mass is 398 g/mol. The number of thiocarbonyl (C=S) groups is 1. The number of methoxy groups -OCH3 is 3. The molecule has 2 amide bonds. The van der Waals surface area contributed by atoms with E-state index in [1.165, 1.54) is 32.3 Å². The average Bonchev–Trinajstić information content (AvgIpc) is 2.71. The van der Waals surface area contributed by atoms with Crippen molar-refractivity contribution in [3.8, 4) is 17.2 Å². The summed E-state index contributed by atoms with van der Waals surface area (Å²) in [6.45, 7) is 0. The average molecular weight is 398 g/mol. The summed E-state index contributed by atoms with van der Waals surface area (Å²) >= 11 is 5.22. The fourth-order valence-electron chi connectivity index (χ4n) is 2.80. The molecule has 0 aromatic heterocycles. The summed E-state index contributed by atoms with van der Waals surface area (Å²) in [6, 6.07) is 12.0. The van der Waals surface area contributed by atoms with E-state index in [4.69, 9.17) is 26.4 Å². The zero-order valence-electron chi connectivity index (χ0n) is 15.5. The number of ether oxygens (including phenoxy) is 3. The molecule has 8 heteroatoms. The molecule has 7 nitrogen and oxygen atoms in total. The molecule has 0 saturated carbocycles. The first-order valence-electron chi connectivity index (χ1n) is 8.26. The van der Waals surface area contributed by atoms with Crippen LogP contribution in [-0.2, 0) is 9.59 Å². The van der Waals surface area contributed by atoms with E-state index >= 15 is 0 Å². The van der Waals surface area contributed by atoms with Crippen LogP contribution in [0.4, 0.5) is 5.69 Å². The van der Waals surface area contributed by atoms with Crippen LogP contribution in [0, 0.1) is 0 Å². The van der Waals surface area contributed by atoms with Crippen LogP contribution in [0.5, 0.6) is 17.2 Å². The Balaban J connectivity index is 2.09. The first-order chi connectivity index (χ1) is 13.5. The number of hydrogen-bond acceptors (Lipinski definition) is 6. The second kappa shape index (κ2) is 8.10. The van der Waals surface area contributed by atoms with Crippen LogP contribution in [0.1, 0.15) is 5.56 Å². The van der Waals surface area contributed by atoms with Crippen LogP contribution < -0.4 is 24.4 Å². The Bertz CT molecular complexity index is 986. The molecule has 0 aliphatic carbocycles. The summed E-state index contributed by atoms with van der Waals surface area (Å²) < 4.78 is 15.9.